The van der Waals surface area contributed by atoms with Gasteiger partial charge in [0.25, 0.3) is 0 Å². The fourth-order valence-corrected chi connectivity index (χ4v) is 3.29. The van der Waals surface area contributed by atoms with Gasteiger partial charge in [0.2, 0.25) is 0 Å². The number of hydrazine groups is 1. The summed E-state index contributed by atoms with van der Waals surface area (Å²) < 4.78 is 0. The number of aryl methyl sites for hydroxylation is 1. The molecule has 0 aliphatic carbocycles. The largest absolute Gasteiger partial charge is 0.271 e. The lowest BCUT2D eigenvalue weighted by atomic mass is 10.1. The maximum absolute atomic E-state index is 5.59. The van der Waals surface area contributed by atoms with E-state index >= 15 is 0 Å². The van der Waals surface area contributed by atoms with Crippen LogP contribution in [0.25, 0.3) is 0 Å². The van der Waals surface area contributed by atoms with Gasteiger partial charge in [-0.3, -0.25) is 5.84 Å². The minimum absolute atomic E-state index is 0.148. The van der Waals surface area contributed by atoms with E-state index in [9.17, 15) is 0 Å². The van der Waals surface area contributed by atoms with E-state index in [1.165, 1.54) is 15.3 Å². The van der Waals surface area contributed by atoms with Crippen LogP contribution in [0.2, 0.25) is 0 Å². The second-order valence-corrected chi connectivity index (χ2v) is 5.01. The molecule has 2 heterocycles. The molecule has 0 spiro atoms. The molecule has 2 aromatic heterocycles. The highest BCUT2D eigenvalue weighted by Gasteiger charge is 2.16. The zero-order valence-electron chi connectivity index (χ0n) is 7.86. The van der Waals surface area contributed by atoms with Crippen molar-refractivity contribution in [1.29, 1.82) is 0 Å². The Morgan fingerprint density at radius 3 is 2.64 bits per heavy atom. The molecule has 0 saturated carbocycles. The summed E-state index contributed by atoms with van der Waals surface area (Å²) in [5, 5.41) is 4.17. The number of nitrogens with two attached hydrogens (primary N) is 1. The molecule has 0 aromatic carbocycles. The predicted octanol–water partition coefficient (Wildman–Crippen LogP) is 2.67. The number of hydrogen-bond acceptors (Lipinski definition) is 4. The van der Waals surface area contributed by atoms with Gasteiger partial charge in [-0.15, -0.1) is 22.7 Å². The molecule has 0 bridgehead atoms. The SMILES string of the molecule is Cc1ccsc1C(NN)c1cccs1. The number of nitrogens with one attached hydrogen (secondary N) is 1. The zero-order valence-corrected chi connectivity index (χ0v) is 9.49. The molecule has 3 N–H and O–H groups in total. The van der Waals surface area contributed by atoms with E-state index in [1.807, 2.05) is 6.07 Å². The number of thiophene rings is 2. The van der Waals surface area contributed by atoms with Gasteiger partial charge in [0.15, 0.2) is 0 Å². The van der Waals surface area contributed by atoms with Crippen molar-refractivity contribution >= 4 is 22.7 Å². The van der Waals surface area contributed by atoms with Crippen LogP contribution in [0.15, 0.2) is 29.0 Å². The third-order valence-corrected chi connectivity index (χ3v) is 4.18. The van der Waals surface area contributed by atoms with Crippen LogP contribution in [0.5, 0.6) is 0 Å². The molecule has 74 valence electrons. The molecule has 14 heavy (non-hydrogen) atoms. The Kier molecular flexibility index (Phi) is 2.98. The molecule has 0 amide bonds. The third-order valence-electron chi connectivity index (χ3n) is 2.16. The van der Waals surface area contributed by atoms with Crippen LogP contribution in [0, 0.1) is 6.92 Å². The molecule has 0 aliphatic rings. The highest BCUT2D eigenvalue weighted by molar-refractivity contribution is 7.11. The van der Waals surface area contributed by atoms with Gasteiger partial charge < -0.3 is 0 Å². The van der Waals surface area contributed by atoms with Gasteiger partial charge in [-0.2, -0.15) is 0 Å². The first-order valence-corrected chi connectivity index (χ1v) is 6.12. The van der Waals surface area contributed by atoms with E-state index in [0.29, 0.717) is 0 Å². The molecule has 0 radical (unpaired) electrons. The first-order valence-electron chi connectivity index (χ1n) is 4.36. The lowest BCUT2D eigenvalue weighted by molar-refractivity contribution is 0.653. The van der Waals surface area contributed by atoms with Crippen molar-refractivity contribution in [3.05, 3.63) is 44.3 Å². The Morgan fingerprint density at radius 2 is 2.14 bits per heavy atom. The zero-order chi connectivity index (χ0) is 9.97. The van der Waals surface area contributed by atoms with Crippen LogP contribution < -0.4 is 11.3 Å². The second kappa shape index (κ2) is 4.23. The average molecular weight is 224 g/mol. The quantitative estimate of drug-likeness (QED) is 0.621. The summed E-state index contributed by atoms with van der Waals surface area (Å²) in [6, 6.07) is 6.43. The van der Waals surface area contributed by atoms with Crippen LogP contribution in [0.4, 0.5) is 0 Å². The molecule has 0 fully saturated rings. The van der Waals surface area contributed by atoms with Crippen molar-refractivity contribution in [2.24, 2.45) is 5.84 Å². The third kappa shape index (κ3) is 1.74. The van der Waals surface area contributed by atoms with Gasteiger partial charge in [-0.25, -0.2) is 5.43 Å². The molecule has 4 heteroatoms. The lowest BCUT2D eigenvalue weighted by Gasteiger charge is -2.13. The molecular formula is C10H12N2S2. The molecule has 0 saturated heterocycles. The van der Waals surface area contributed by atoms with E-state index in [2.05, 4.69) is 35.2 Å². The van der Waals surface area contributed by atoms with Gasteiger partial charge in [0.1, 0.15) is 0 Å². The summed E-state index contributed by atoms with van der Waals surface area (Å²) in [5.74, 6) is 5.59. The maximum atomic E-state index is 5.59. The minimum atomic E-state index is 0.148. The lowest BCUT2D eigenvalue weighted by Crippen LogP contribution is -2.27. The average Bonchev–Trinajstić information content (AvgIpc) is 2.80. The van der Waals surface area contributed by atoms with Gasteiger partial charge in [0, 0.05) is 9.75 Å². The first kappa shape index (κ1) is 9.86. The van der Waals surface area contributed by atoms with Crippen LogP contribution in [-0.4, -0.2) is 0 Å². The Labute approximate surface area is 91.4 Å². The minimum Gasteiger partial charge on any atom is -0.271 e. The van der Waals surface area contributed by atoms with E-state index < -0.39 is 0 Å². The standard InChI is InChI=1S/C10H12N2S2/c1-7-4-6-14-10(7)9(12-11)8-3-2-5-13-8/h2-6,9,12H,11H2,1H3. The Bertz CT molecular complexity index is 392. The van der Waals surface area contributed by atoms with Crippen molar-refractivity contribution < 1.29 is 0 Å². The van der Waals surface area contributed by atoms with Crippen LogP contribution in [0.1, 0.15) is 21.4 Å². The maximum Gasteiger partial charge on any atom is 0.0897 e. The van der Waals surface area contributed by atoms with Crippen LogP contribution in [0.3, 0.4) is 0 Å². The first-order chi connectivity index (χ1) is 6.83. The topological polar surface area (TPSA) is 38.0 Å². The summed E-state index contributed by atoms with van der Waals surface area (Å²) in [7, 11) is 0. The molecule has 2 nitrogen and oxygen atoms in total. The number of rotatable bonds is 3. The smallest absolute Gasteiger partial charge is 0.0897 e. The van der Waals surface area contributed by atoms with Crippen LogP contribution >= 0.6 is 22.7 Å². The van der Waals surface area contributed by atoms with Gasteiger partial charge in [0.05, 0.1) is 6.04 Å². The summed E-state index contributed by atoms with van der Waals surface area (Å²) in [4.78, 5) is 2.56. The Balaban J connectivity index is 2.36. The fourth-order valence-electron chi connectivity index (χ4n) is 1.42. The van der Waals surface area contributed by atoms with Crippen molar-refractivity contribution in [1.82, 2.24) is 5.43 Å². The molecule has 2 aromatic rings. The van der Waals surface area contributed by atoms with E-state index in [4.69, 9.17) is 5.84 Å². The predicted molar refractivity (Wildman–Crippen MR) is 62.5 cm³/mol. The van der Waals surface area contributed by atoms with E-state index in [0.717, 1.165) is 0 Å². The molecular weight excluding hydrogens is 212 g/mol. The summed E-state index contributed by atoms with van der Waals surface area (Å²) in [6.45, 7) is 2.11. The highest BCUT2D eigenvalue weighted by atomic mass is 32.1. The highest BCUT2D eigenvalue weighted by Crippen LogP contribution is 2.30. The van der Waals surface area contributed by atoms with Gasteiger partial charge in [-0.05, 0) is 35.4 Å². The Morgan fingerprint density at radius 1 is 1.29 bits per heavy atom. The second-order valence-electron chi connectivity index (χ2n) is 3.08. The van der Waals surface area contributed by atoms with E-state index in [-0.39, 0.29) is 6.04 Å². The fraction of sp³-hybridized carbons (Fsp3) is 0.200. The summed E-state index contributed by atoms with van der Waals surface area (Å²) in [5.41, 5.74) is 4.17. The van der Waals surface area contributed by atoms with Crippen molar-refractivity contribution in [2.45, 2.75) is 13.0 Å². The summed E-state index contributed by atoms with van der Waals surface area (Å²) in [6.07, 6.45) is 0. The van der Waals surface area contributed by atoms with Gasteiger partial charge >= 0.3 is 0 Å². The molecule has 2 rings (SSSR count). The summed E-state index contributed by atoms with van der Waals surface area (Å²) >= 11 is 3.47. The van der Waals surface area contributed by atoms with Crippen LogP contribution in [-0.2, 0) is 0 Å². The molecule has 1 atom stereocenters. The monoisotopic (exact) mass is 224 g/mol. The van der Waals surface area contributed by atoms with Crippen molar-refractivity contribution in [3.63, 3.8) is 0 Å². The normalized spacial score (nSPS) is 13.0. The van der Waals surface area contributed by atoms with Crippen molar-refractivity contribution in [2.75, 3.05) is 0 Å². The Hall–Kier alpha value is -0.680. The van der Waals surface area contributed by atoms with Gasteiger partial charge in [-0.1, -0.05) is 6.07 Å². The van der Waals surface area contributed by atoms with Crippen molar-refractivity contribution in [3.8, 4) is 0 Å². The number of hydrogen-bond donors (Lipinski definition) is 2. The van der Waals surface area contributed by atoms with E-state index in [1.54, 1.807) is 22.7 Å². The molecule has 1 unspecified atom stereocenters. The molecule has 0 aliphatic heterocycles.